The summed E-state index contributed by atoms with van der Waals surface area (Å²) in [4.78, 5) is 0. The zero-order valence-electron chi connectivity index (χ0n) is 9.36. The molecule has 0 spiro atoms. The van der Waals surface area contributed by atoms with E-state index in [1.54, 1.807) is 6.20 Å². The number of rotatable bonds is 1. The van der Waals surface area contributed by atoms with Crippen LogP contribution < -0.4 is 5.73 Å². The van der Waals surface area contributed by atoms with Gasteiger partial charge in [0.1, 0.15) is 0 Å². The number of aromatic nitrogens is 2. The Kier molecular flexibility index (Phi) is 2.44. The van der Waals surface area contributed by atoms with Crippen molar-refractivity contribution in [2.24, 2.45) is 0 Å². The third kappa shape index (κ3) is 1.98. The van der Waals surface area contributed by atoms with Gasteiger partial charge in [0.15, 0.2) is 5.79 Å². The molecule has 2 N–H and O–H groups in total. The van der Waals surface area contributed by atoms with E-state index in [-0.39, 0.29) is 6.04 Å². The zero-order chi connectivity index (χ0) is 11.1. The Bertz CT molecular complexity index is 350. The van der Waals surface area contributed by atoms with Crippen LogP contribution in [0.25, 0.3) is 0 Å². The summed E-state index contributed by atoms with van der Waals surface area (Å²) in [7, 11) is 0. The van der Waals surface area contributed by atoms with Crippen molar-refractivity contribution in [1.82, 2.24) is 9.78 Å². The SMILES string of the molecule is Cc1c(N)cnn1C1COC(C)(C)OC1. The largest absolute Gasteiger partial charge is 0.396 e. The summed E-state index contributed by atoms with van der Waals surface area (Å²) in [6.45, 7) is 6.98. The Morgan fingerprint density at radius 2 is 2.07 bits per heavy atom. The third-order valence-electron chi connectivity index (χ3n) is 2.68. The molecule has 0 radical (unpaired) electrons. The normalized spacial score (nSPS) is 21.8. The van der Waals surface area contributed by atoms with E-state index < -0.39 is 5.79 Å². The lowest BCUT2D eigenvalue weighted by Gasteiger charge is -2.35. The first kappa shape index (κ1) is 10.4. The van der Waals surface area contributed by atoms with Crippen molar-refractivity contribution >= 4 is 5.69 Å². The molecule has 2 rings (SSSR count). The number of nitrogens with two attached hydrogens (primary N) is 1. The number of hydrogen-bond donors (Lipinski definition) is 1. The molecule has 1 aliphatic rings. The fraction of sp³-hybridized carbons (Fsp3) is 0.700. The first-order valence-electron chi connectivity index (χ1n) is 5.07. The van der Waals surface area contributed by atoms with E-state index in [0.717, 1.165) is 5.69 Å². The van der Waals surface area contributed by atoms with Crippen molar-refractivity contribution in [1.29, 1.82) is 0 Å². The molecular weight excluding hydrogens is 194 g/mol. The van der Waals surface area contributed by atoms with E-state index >= 15 is 0 Å². The molecule has 1 saturated heterocycles. The van der Waals surface area contributed by atoms with E-state index in [9.17, 15) is 0 Å². The quantitative estimate of drug-likeness (QED) is 0.755. The van der Waals surface area contributed by atoms with Crippen LogP contribution in [0.2, 0.25) is 0 Å². The van der Waals surface area contributed by atoms with Gasteiger partial charge < -0.3 is 15.2 Å². The summed E-state index contributed by atoms with van der Waals surface area (Å²) >= 11 is 0. The van der Waals surface area contributed by atoms with Gasteiger partial charge in [-0.1, -0.05) is 0 Å². The average Bonchev–Trinajstić information content (AvgIpc) is 2.49. The van der Waals surface area contributed by atoms with Gasteiger partial charge in [-0.25, -0.2) is 0 Å². The molecule has 84 valence electrons. The van der Waals surface area contributed by atoms with Crippen LogP contribution in [0.15, 0.2) is 6.20 Å². The minimum atomic E-state index is -0.483. The second kappa shape index (κ2) is 3.50. The van der Waals surface area contributed by atoms with Crippen LogP contribution in [-0.2, 0) is 9.47 Å². The van der Waals surface area contributed by atoms with Crippen LogP contribution in [-0.4, -0.2) is 28.8 Å². The molecule has 15 heavy (non-hydrogen) atoms. The highest BCUT2D eigenvalue weighted by atomic mass is 16.7. The van der Waals surface area contributed by atoms with Crippen LogP contribution in [0.4, 0.5) is 5.69 Å². The third-order valence-corrected chi connectivity index (χ3v) is 2.68. The van der Waals surface area contributed by atoms with Gasteiger partial charge in [-0.2, -0.15) is 5.10 Å². The van der Waals surface area contributed by atoms with Gasteiger partial charge in [-0.05, 0) is 20.8 Å². The van der Waals surface area contributed by atoms with Crippen molar-refractivity contribution in [3.63, 3.8) is 0 Å². The number of anilines is 1. The molecule has 0 aromatic carbocycles. The highest BCUT2D eigenvalue weighted by molar-refractivity contribution is 5.39. The Balaban J connectivity index is 2.11. The van der Waals surface area contributed by atoms with Gasteiger partial charge in [-0.3, -0.25) is 4.68 Å². The van der Waals surface area contributed by atoms with Gasteiger partial charge in [0.05, 0.1) is 36.8 Å². The van der Waals surface area contributed by atoms with Gasteiger partial charge in [0, 0.05) is 0 Å². The maximum Gasteiger partial charge on any atom is 0.162 e. The monoisotopic (exact) mass is 211 g/mol. The fourth-order valence-corrected chi connectivity index (χ4v) is 1.63. The lowest BCUT2D eigenvalue weighted by atomic mass is 10.2. The molecule has 1 aromatic rings. The topological polar surface area (TPSA) is 62.3 Å². The van der Waals surface area contributed by atoms with E-state index in [4.69, 9.17) is 15.2 Å². The first-order valence-corrected chi connectivity index (χ1v) is 5.07. The van der Waals surface area contributed by atoms with Crippen molar-refractivity contribution in [3.8, 4) is 0 Å². The molecule has 0 atom stereocenters. The van der Waals surface area contributed by atoms with Crippen LogP contribution >= 0.6 is 0 Å². The van der Waals surface area contributed by atoms with Crippen molar-refractivity contribution in [3.05, 3.63) is 11.9 Å². The van der Waals surface area contributed by atoms with Crippen molar-refractivity contribution in [2.45, 2.75) is 32.6 Å². The molecule has 0 aliphatic carbocycles. The molecule has 1 fully saturated rings. The van der Waals surface area contributed by atoms with E-state index in [2.05, 4.69) is 5.10 Å². The van der Waals surface area contributed by atoms with Crippen molar-refractivity contribution in [2.75, 3.05) is 18.9 Å². The molecule has 2 heterocycles. The van der Waals surface area contributed by atoms with Gasteiger partial charge >= 0.3 is 0 Å². The van der Waals surface area contributed by atoms with E-state index in [1.807, 2.05) is 25.5 Å². The Morgan fingerprint density at radius 1 is 1.47 bits per heavy atom. The fourth-order valence-electron chi connectivity index (χ4n) is 1.63. The highest BCUT2D eigenvalue weighted by Gasteiger charge is 2.30. The predicted molar refractivity (Wildman–Crippen MR) is 56.4 cm³/mol. The summed E-state index contributed by atoms with van der Waals surface area (Å²) < 4.78 is 13.0. The summed E-state index contributed by atoms with van der Waals surface area (Å²) in [5.74, 6) is -0.483. The van der Waals surface area contributed by atoms with Gasteiger partial charge in [0.25, 0.3) is 0 Å². The Hall–Kier alpha value is -1.07. The lowest BCUT2D eigenvalue weighted by Crippen LogP contribution is -2.40. The average molecular weight is 211 g/mol. The molecule has 5 heteroatoms. The minimum absolute atomic E-state index is 0.121. The number of hydrogen-bond acceptors (Lipinski definition) is 4. The summed E-state index contributed by atoms with van der Waals surface area (Å²) in [6.07, 6.45) is 1.66. The second-order valence-corrected chi connectivity index (χ2v) is 4.31. The molecule has 0 unspecified atom stereocenters. The Morgan fingerprint density at radius 3 is 2.53 bits per heavy atom. The van der Waals surface area contributed by atoms with Crippen molar-refractivity contribution < 1.29 is 9.47 Å². The number of nitrogen functional groups attached to an aromatic ring is 1. The molecule has 0 bridgehead atoms. The maximum absolute atomic E-state index is 5.74. The second-order valence-electron chi connectivity index (χ2n) is 4.31. The lowest BCUT2D eigenvalue weighted by molar-refractivity contribution is -0.259. The molecule has 1 aliphatic heterocycles. The van der Waals surface area contributed by atoms with Crippen LogP contribution in [0.3, 0.4) is 0 Å². The molecule has 0 saturated carbocycles. The molecule has 1 aromatic heterocycles. The highest BCUT2D eigenvalue weighted by Crippen LogP contribution is 2.25. The summed E-state index contributed by atoms with van der Waals surface area (Å²) in [6, 6.07) is 0.121. The van der Waals surface area contributed by atoms with Gasteiger partial charge in [0.2, 0.25) is 0 Å². The summed E-state index contributed by atoms with van der Waals surface area (Å²) in [5.41, 5.74) is 7.41. The number of nitrogens with zero attached hydrogens (tertiary/aromatic N) is 2. The summed E-state index contributed by atoms with van der Waals surface area (Å²) in [5, 5.41) is 4.22. The predicted octanol–water partition coefficient (Wildman–Crippen LogP) is 1.10. The van der Waals surface area contributed by atoms with Crippen LogP contribution in [0, 0.1) is 6.92 Å². The molecule has 0 amide bonds. The zero-order valence-corrected chi connectivity index (χ0v) is 9.36. The number of ether oxygens (including phenoxy) is 2. The Labute approximate surface area is 89.2 Å². The maximum atomic E-state index is 5.74. The van der Waals surface area contributed by atoms with Gasteiger partial charge in [-0.15, -0.1) is 0 Å². The van der Waals surface area contributed by atoms with Crippen LogP contribution in [0.5, 0.6) is 0 Å². The molecule has 5 nitrogen and oxygen atoms in total. The van der Waals surface area contributed by atoms with E-state index in [1.165, 1.54) is 0 Å². The minimum Gasteiger partial charge on any atom is -0.396 e. The van der Waals surface area contributed by atoms with Crippen LogP contribution in [0.1, 0.15) is 25.6 Å². The smallest absolute Gasteiger partial charge is 0.162 e. The first-order chi connectivity index (χ1) is 6.99. The van der Waals surface area contributed by atoms with E-state index in [0.29, 0.717) is 18.9 Å². The standard InChI is InChI=1S/C10H17N3O2/c1-7-9(11)4-12-13(7)8-5-14-10(2,3)15-6-8/h4,8H,5-6,11H2,1-3H3. The molecular formula is C10H17N3O2.